The van der Waals surface area contributed by atoms with Gasteiger partial charge in [0.25, 0.3) is 0 Å². The Morgan fingerprint density at radius 3 is 2.58 bits per heavy atom. The molecule has 180 valence electrons. The summed E-state index contributed by atoms with van der Waals surface area (Å²) >= 11 is 3.02. The number of hydrogen-bond acceptors (Lipinski definition) is 7. The van der Waals surface area contributed by atoms with Gasteiger partial charge in [-0.2, -0.15) is 0 Å². The third-order valence-corrected chi connectivity index (χ3v) is 7.41. The van der Waals surface area contributed by atoms with Crippen LogP contribution in [0, 0.1) is 6.92 Å². The monoisotopic (exact) mass is 512 g/mol. The predicted molar refractivity (Wildman–Crippen MR) is 147 cm³/mol. The molecule has 7 nitrogen and oxygen atoms in total. The molecule has 2 aromatic carbocycles. The van der Waals surface area contributed by atoms with Crippen molar-refractivity contribution in [3.8, 4) is 22.0 Å². The minimum absolute atomic E-state index is 0.112. The Bertz CT molecular complexity index is 1540. The number of rotatable bonds is 8. The summed E-state index contributed by atoms with van der Waals surface area (Å²) in [7, 11) is 0. The van der Waals surface area contributed by atoms with Crippen molar-refractivity contribution < 1.29 is 4.79 Å². The minimum Gasteiger partial charge on any atom is -0.325 e. The molecule has 36 heavy (non-hydrogen) atoms. The van der Waals surface area contributed by atoms with E-state index in [0.717, 1.165) is 38.7 Å². The Morgan fingerprint density at radius 1 is 1.06 bits per heavy atom. The molecule has 0 unspecified atom stereocenters. The van der Waals surface area contributed by atoms with Gasteiger partial charge in [0.15, 0.2) is 11.0 Å². The Morgan fingerprint density at radius 2 is 1.83 bits per heavy atom. The van der Waals surface area contributed by atoms with E-state index >= 15 is 0 Å². The number of carbonyl (C=O) groups excluding carboxylic acids is 1. The first-order chi connectivity index (χ1) is 17.5. The standard InChI is InChI=1S/C27H24N6OS2/c1-17(2)15-33-25(19-10-12-28-13-11-19)31-32-27(33)35-16-24(34)29-21-7-5-20(6-8-21)26-30-22-9-4-18(3)14-23(22)36-26/h4-14H,1,15-16H2,2-3H3,(H,29,34). The summed E-state index contributed by atoms with van der Waals surface area (Å²) in [5.74, 6) is 0.825. The molecule has 0 aliphatic heterocycles. The van der Waals surface area contributed by atoms with Crippen molar-refractivity contribution in [2.24, 2.45) is 0 Å². The number of thiazole rings is 1. The highest BCUT2D eigenvalue weighted by atomic mass is 32.2. The van der Waals surface area contributed by atoms with Crippen molar-refractivity contribution in [1.29, 1.82) is 0 Å². The third-order valence-electron chi connectivity index (χ3n) is 5.38. The number of benzene rings is 2. The first-order valence-electron chi connectivity index (χ1n) is 11.3. The minimum atomic E-state index is -0.112. The Hall–Kier alpha value is -3.82. The number of pyridine rings is 1. The number of amides is 1. The Kier molecular flexibility index (Phi) is 6.92. The summed E-state index contributed by atoms with van der Waals surface area (Å²) in [6, 6.07) is 17.8. The number of nitrogens with one attached hydrogen (secondary N) is 1. The van der Waals surface area contributed by atoms with E-state index in [-0.39, 0.29) is 11.7 Å². The largest absolute Gasteiger partial charge is 0.325 e. The van der Waals surface area contributed by atoms with Crippen LogP contribution >= 0.6 is 23.1 Å². The van der Waals surface area contributed by atoms with Crippen LogP contribution in [-0.2, 0) is 11.3 Å². The fraction of sp³-hybridized carbons (Fsp3) is 0.148. The molecule has 0 saturated carbocycles. The molecule has 0 saturated heterocycles. The second-order valence-electron chi connectivity index (χ2n) is 8.49. The third kappa shape index (κ3) is 5.37. The summed E-state index contributed by atoms with van der Waals surface area (Å²) in [6.07, 6.45) is 3.44. The predicted octanol–water partition coefficient (Wildman–Crippen LogP) is 6.23. The quantitative estimate of drug-likeness (QED) is 0.196. The van der Waals surface area contributed by atoms with Gasteiger partial charge < -0.3 is 5.32 Å². The zero-order valence-corrected chi connectivity index (χ0v) is 21.6. The molecular weight excluding hydrogens is 488 g/mol. The topological polar surface area (TPSA) is 85.6 Å². The maximum atomic E-state index is 12.7. The number of hydrogen-bond donors (Lipinski definition) is 1. The fourth-order valence-corrected chi connectivity index (χ4v) is 5.51. The van der Waals surface area contributed by atoms with Crippen LogP contribution in [-0.4, -0.2) is 36.4 Å². The van der Waals surface area contributed by atoms with Crippen molar-refractivity contribution in [3.63, 3.8) is 0 Å². The van der Waals surface area contributed by atoms with Gasteiger partial charge >= 0.3 is 0 Å². The number of fused-ring (bicyclic) bond motifs is 1. The van der Waals surface area contributed by atoms with Gasteiger partial charge in [0.2, 0.25) is 5.91 Å². The molecule has 5 rings (SSSR count). The average Bonchev–Trinajstić information content (AvgIpc) is 3.47. The highest BCUT2D eigenvalue weighted by Crippen LogP contribution is 2.31. The van der Waals surface area contributed by atoms with Crippen LogP contribution in [0.1, 0.15) is 12.5 Å². The summed E-state index contributed by atoms with van der Waals surface area (Å²) in [4.78, 5) is 21.5. The van der Waals surface area contributed by atoms with Crippen LogP contribution in [0.5, 0.6) is 0 Å². The lowest BCUT2D eigenvalue weighted by Gasteiger charge is -2.10. The van der Waals surface area contributed by atoms with Gasteiger partial charge in [-0.25, -0.2) is 4.98 Å². The number of allylic oxidation sites excluding steroid dienone is 1. The number of nitrogens with zero attached hydrogens (tertiary/aromatic N) is 5. The van der Waals surface area contributed by atoms with Gasteiger partial charge in [0.1, 0.15) is 5.01 Å². The first-order valence-corrected chi connectivity index (χ1v) is 13.1. The number of aryl methyl sites for hydroxylation is 1. The zero-order valence-electron chi connectivity index (χ0n) is 19.9. The molecule has 0 radical (unpaired) electrons. The van der Waals surface area contributed by atoms with Crippen LogP contribution in [0.2, 0.25) is 0 Å². The molecule has 5 aromatic rings. The maximum absolute atomic E-state index is 12.7. The first kappa shape index (κ1) is 23.9. The molecule has 3 heterocycles. The van der Waals surface area contributed by atoms with E-state index in [1.807, 2.05) is 54.0 Å². The second-order valence-corrected chi connectivity index (χ2v) is 10.5. The Labute approximate surface area is 217 Å². The summed E-state index contributed by atoms with van der Waals surface area (Å²) in [5, 5.41) is 13.3. The lowest BCUT2D eigenvalue weighted by atomic mass is 10.2. The van der Waals surface area contributed by atoms with Crippen molar-refractivity contribution in [2.45, 2.75) is 25.5 Å². The molecule has 0 spiro atoms. The van der Waals surface area contributed by atoms with Crippen molar-refractivity contribution in [3.05, 3.63) is 84.7 Å². The van der Waals surface area contributed by atoms with Crippen LogP contribution < -0.4 is 5.32 Å². The van der Waals surface area contributed by atoms with E-state index in [1.54, 1.807) is 23.7 Å². The molecule has 0 fully saturated rings. The van der Waals surface area contributed by atoms with Gasteiger partial charge in [0.05, 0.1) is 16.0 Å². The van der Waals surface area contributed by atoms with Crippen LogP contribution in [0.4, 0.5) is 5.69 Å². The van der Waals surface area contributed by atoms with Gasteiger partial charge in [-0.1, -0.05) is 30.0 Å². The molecule has 0 atom stereocenters. The lowest BCUT2D eigenvalue weighted by molar-refractivity contribution is -0.113. The van der Waals surface area contributed by atoms with Crippen LogP contribution in [0.15, 0.2) is 84.3 Å². The average molecular weight is 513 g/mol. The van der Waals surface area contributed by atoms with E-state index in [4.69, 9.17) is 4.98 Å². The number of carbonyl (C=O) groups is 1. The lowest BCUT2D eigenvalue weighted by Crippen LogP contribution is -2.14. The normalized spacial score (nSPS) is 11.1. The molecule has 0 bridgehead atoms. The van der Waals surface area contributed by atoms with Gasteiger partial charge in [-0.3, -0.25) is 14.3 Å². The molecule has 0 aliphatic carbocycles. The van der Waals surface area contributed by atoms with E-state index in [2.05, 4.69) is 46.1 Å². The van der Waals surface area contributed by atoms with Crippen molar-refractivity contribution >= 4 is 44.9 Å². The molecule has 1 amide bonds. The fourth-order valence-electron chi connectivity index (χ4n) is 3.70. The molecule has 1 N–H and O–H groups in total. The Balaban J connectivity index is 1.24. The number of thioether (sulfide) groups is 1. The summed E-state index contributed by atoms with van der Waals surface area (Å²) in [5.41, 5.74) is 5.87. The summed E-state index contributed by atoms with van der Waals surface area (Å²) < 4.78 is 3.15. The molecule has 3 aromatic heterocycles. The van der Waals surface area contributed by atoms with Gasteiger partial charge in [-0.05, 0) is 67.9 Å². The van der Waals surface area contributed by atoms with Crippen molar-refractivity contribution in [1.82, 2.24) is 24.7 Å². The second kappa shape index (κ2) is 10.4. The van der Waals surface area contributed by atoms with E-state index in [9.17, 15) is 4.79 Å². The zero-order chi connectivity index (χ0) is 25.1. The van der Waals surface area contributed by atoms with Gasteiger partial charge in [-0.15, -0.1) is 21.5 Å². The van der Waals surface area contributed by atoms with E-state index in [0.29, 0.717) is 11.7 Å². The smallest absolute Gasteiger partial charge is 0.234 e. The number of aromatic nitrogens is 5. The van der Waals surface area contributed by atoms with Crippen molar-refractivity contribution in [2.75, 3.05) is 11.1 Å². The number of anilines is 1. The highest BCUT2D eigenvalue weighted by molar-refractivity contribution is 7.99. The summed E-state index contributed by atoms with van der Waals surface area (Å²) in [6.45, 7) is 8.63. The van der Waals surface area contributed by atoms with Crippen LogP contribution in [0.3, 0.4) is 0 Å². The van der Waals surface area contributed by atoms with E-state index in [1.165, 1.54) is 22.0 Å². The maximum Gasteiger partial charge on any atom is 0.234 e. The van der Waals surface area contributed by atoms with Gasteiger partial charge in [0, 0.05) is 35.8 Å². The molecule has 9 heteroatoms. The SMILES string of the molecule is C=C(C)Cn1c(SCC(=O)Nc2ccc(-c3nc4ccc(C)cc4s3)cc2)nnc1-c1ccncc1. The van der Waals surface area contributed by atoms with Crippen LogP contribution in [0.25, 0.3) is 32.2 Å². The molecule has 0 aliphatic rings. The highest BCUT2D eigenvalue weighted by Gasteiger charge is 2.16. The van der Waals surface area contributed by atoms with E-state index < -0.39 is 0 Å². The molecular formula is C27H24N6OS2.